The van der Waals surface area contributed by atoms with Crippen molar-refractivity contribution in [2.75, 3.05) is 18.6 Å². The van der Waals surface area contributed by atoms with Crippen LogP contribution in [0.1, 0.15) is 30.4 Å². The smallest absolute Gasteiger partial charge is 0.313 e. The molecule has 20 heavy (non-hydrogen) atoms. The van der Waals surface area contributed by atoms with Gasteiger partial charge in [0.1, 0.15) is 5.82 Å². The first kappa shape index (κ1) is 17.3. The molecule has 1 rings (SSSR count). The molecule has 6 heteroatoms. The topological polar surface area (TPSA) is 12.0 Å². The SMILES string of the molecule is CSCCCCCNCc1cc(F)cc(C(F)(F)F)c1. The zero-order valence-electron chi connectivity index (χ0n) is 11.4. The molecule has 1 nitrogen and oxygen atoms in total. The number of alkyl halides is 3. The van der Waals surface area contributed by atoms with Crippen molar-refractivity contribution in [2.24, 2.45) is 0 Å². The monoisotopic (exact) mass is 309 g/mol. The van der Waals surface area contributed by atoms with E-state index >= 15 is 0 Å². The quantitative estimate of drug-likeness (QED) is 0.562. The van der Waals surface area contributed by atoms with E-state index in [4.69, 9.17) is 0 Å². The van der Waals surface area contributed by atoms with E-state index in [1.165, 1.54) is 0 Å². The number of nitrogens with one attached hydrogen (secondary N) is 1. The molecule has 0 amide bonds. The Bertz CT molecular complexity index is 407. The Morgan fingerprint density at radius 1 is 1.10 bits per heavy atom. The molecule has 0 aliphatic heterocycles. The first-order chi connectivity index (χ1) is 9.43. The highest BCUT2D eigenvalue weighted by Crippen LogP contribution is 2.30. The Hall–Kier alpha value is -0.750. The van der Waals surface area contributed by atoms with Crippen LogP contribution in [-0.4, -0.2) is 18.6 Å². The zero-order valence-corrected chi connectivity index (χ0v) is 12.2. The number of benzene rings is 1. The second-order valence-corrected chi connectivity index (χ2v) is 5.56. The number of halogens is 4. The van der Waals surface area contributed by atoms with Crippen LogP contribution < -0.4 is 5.32 Å². The van der Waals surface area contributed by atoms with Crippen molar-refractivity contribution in [3.63, 3.8) is 0 Å². The van der Waals surface area contributed by atoms with Gasteiger partial charge in [0.2, 0.25) is 0 Å². The van der Waals surface area contributed by atoms with Gasteiger partial charge in [-0.3, -0.25) is 0 Å². The Kier molecular flexibility index (Phi) is 7.37. The van der Waals surface area contributed by atoms with Crippen LogP contribution in [0.4, 0.5) is 17.6 Å². The number of hydrogen-bond acceptors (Lipinski definition) is 2. The number of hydrogen-bond donors (Lipinski definition) is 1. The van der Waals surface area contributed by atoms with Crippen LogP contribution in [0.5, 0.6) is 0 Å². The molecule has 0 aromatic heterocycles. The maximum Gasteiger partial charge on any atom is 0.416 e. The molecule has 0 aliphatic carbocycles. The highest BCUT2D eigenvalue weighted by molar-refractivity contribution is 7.98. The molecule has 1 N–H and O–H groups in total. The van der Waals surface area contributed by atoms with Crippen molar-refractivity contribution in [2.45, 2.75) is 32.0 Å². The predicted molar refractivity (Wildman–Crippen MR) is 75.3 cm³/mol. The molecule has 0 atom stereocenters. The van der Waals surface area contributed by atoms with Crippen molar-refractivity contribution >= 4 is 11.8 Å². The van der Waals surface area contributed by atoms with Gasteiger partial charge in [0.05, 0.1) is 5.56 Å². The molecule has 0 saturated heterocycles. The fourth-order valence-corrected chi connectivity index (χ4v) is 2.31. The molecule has 0 saturated carbocycles. The first-order valence-corrected chi connectivity index (χ1v) is 7.89. The van der Waals surface area contributed by atoms with Crippen molar-refractivity contribution in [1.82, 2.24) is 5.32 Å². The third-order valence-electron chi connectivity index (χ3n) is 2.82. The minimum absolute atomic E-state index is 0.253. The van der Waals surface area contributed by atoms with E-state index in [1.54, 1.807) is 11.8 Å². The standard InChI is InChI=1S/C14H19F4NS/c1-20-6-4-2-3-5-19-10-11-7-12(14(16,17)18)9-13(15)8-11/h7-9,19H,2-6,10H2,1H3. The van der Waals surface area contributed by atoms with Gasteiger partial charge in [-0.05, 0) is 55.2 Å². The Labute approximate surface area is 121 Å². The van der Waals surface area contributed by atoms with Crippen LogP contribution in [0.2, 0.25) is 0 Å². The molecule has 0 heterocycles. The number of thioether (sulfide) groups is 1. The minimum Gasteiger partial charge on any atom is -0.313 e. The van der Waals surface area contributed by atoms with Crippen molar-refractivity contribution in [3.05, 3.63) is 35.1 Å². The van der Waals surface area contributed by atoms with Gasteiger partial charge in [-0.15, -0.1) is 0 Å². The normalized spacial score (nSPS) is 11.8. The molecule has 0 radical (unpaired) electrons. The fourth-order valence-electron chi connectivity index (χ4n) is 1.82. The Balaban J connectivity index is 2.39. The van der Waals surface area contributed by atoms with Crippen LogP contribution in [-0.2, 0) is 12.7 Å². The summed E-state index contributed by atoms with van der Waals surface area (Å²) in [4.78, 5) is 0. The van der Waals surface area contributed by atoms with E-state index in [9.17, 15) is 17.6 Å². The molecule has 0 fully saturated rings. The third kappa shape index (κ3) is 6.61. The van der Waals surface area contributed by atoms with Crippen LogP contribution in [0.25, 0.3) is 0 Å². The summed E-state index contributed by atoms with van der Waals surface area (Å²) in [6.45, 7) is 0.982. The zero-order chi connectivity index (χ0) is 15.0. The lowest BCUT2D eigenvalue weighted by Gasteiger charge is -2.10. The maximum absolute atomic E-state index is 13.1. The second kappa shape index (κ2) is 8.52. The van der Waals surface area contributed by atoms with Crippen LogP contribution in [0.3, 0.4) is 0 Å². The lowest BCUT2D eigenvalue weighted by molar-refractivity contribution is -0.137. The van der Waals surface area contributed by atoms with Crippen LogP contribution >= 0.6 is 11.8 Å². The van der Waals surface area contributed by atoms with E-state index in [-0.39, 0.29) is 6.54 Å². The number of unbranched alkanes of at least 4 members (excludes halogenated alkanes) is 2. The van der Waals surface area contributed by atoms with E-state index < -0.39 is 17.6 Å². The highest BCUT2D eigenvalue weighted by Gasteiger charge is 2.31. The van der Waals surface area contributed by atoms with Gasteiger partial charge < -0.3 is 5.32 Å². The van der Waals surface area contributed by atoms with E-state index in [0.717, 1.165) is 43.7 Å². The largest absolute Gasteiger partial charge is 0.416 e. The summed E-state index contributed by atoms with van der Waals surface area (Å²) in [5.74, 6) is 0.273. The van der Waals surface area contributed by atoms with Gasteiger partial charge in [-0.2, -0.15) is 24.9 Å². The summed E-state index contributed by atoms with van der Waals surface area (Å²) < 4.78 is 50.7. The summed E-state index contributed by atoms with van der Waals surface area (Å²) in [6, 6.07) is 2.64. The predicted octanol–water partition coefficient (Wildman–Crippen LogP) is 4.47. The van der Waals surface area contributed by atoms with Crippen molar-refractivity contribution in [3.8, 4) is 0 Å². The lowest BCUT2D eigenvalue weighted by atomic mass is 10.1. The van der Waals surface area contributed by atoms with Crippen molar-refractivity contribution in [1.29, 1.82) is 0 Å². The van der Waals surface area contributed by atoms with Crippen LogP contribution in [0, 0.1) is 5.82 Å². The maximum atomic E-state index is 13.1. The molecule has 1 aromatic rings. The van der Waals surface area contributed by atoms with Gasteiger partial charge in [0, 0.05) is 6.54 Å². The molecular weight excluding hydrogens is 290 g/mol. The summed E-state index contributed by atoms with van der Waals surface area (Å²) in [6.07, 6.45) is 0.753. The summed E-state index contributed by atoms with van der Waals surface area (Å²) in [5.41, 5.74) is -0.615. The summed E-state index contributed by atoms with van der Waals surface area (Å²) >= 11 is 1.80. The summed E-state index contributed by atoms with van der Waals surface area (Å²) in [5, 5.41) is 3.04. The second-order valence-electron chi connectivity index (χ2n) is 4.58. The number of rotatable bonds is 8. The molecule has 0 bridgehead atoms. The molecule has 0 unspecified atom stereocenters. The third-order valence-corrected chi connectivity index (χ3v) is 3.51. The van der Waals surface area contributed by atoms with Gasteiger partial charge >= 0.3 is 6.18 Å². The summed E-state index contributed by atoms with van der Waals surface area (Å²) in [7, 11) is 0. The van der Waals surface area contributed by atoms with E-state index in [1.807, 2.05) is 0 Å². The molecule has 0 spiro atoms. The minimum atomic E-state index is -4.51. The van der Waals surface area contributed by atoms with E-state index in [0.29, 0.717) is 11.6 Å². The lowest BCUT2D eigenvalue weighted by Crippen LogP contribution is -2.16. The Morgan fingerprint density at radius 2 is 1.85 bits per heavy atom. The highest BCUT2D eigenvalue weighted by atomic mass is 32.2. The van der Waals surface area contributed by atoms with E-state index in [2.05, 4.69) is 11.6 Å². The first-order valence-electron chi connectivity index (χ1n) is 6.50. The molecule has 1 aromatic carbocycles. The van der Waals surface area contributed by atoms with Gasteiger partial charge in [0.15, 0.2) is 0 Å². The molecule has 0 aliphatic rings. The molecule has 114 valence electrons. The molecular formula is C14H19F4NS. The van der Waals surface area contributed by atoms with Crippen LogP contribution in [0.15, 0.2) is 18.2 Å². The average molecular weight is 309 g/mol. The van der Waals surface area contributed by atoms with Gasteiger partial charge in [0.25, 0.3) is 0 Å². The van der Waals surface area contributed by atoms with Crippen molar-refractivity contribution < 1.29 is 17.6 Å². The van der Waals surface area contributed by atoms with Gasteiger partial charge in [-0.1, -0.05) is 6.42 Å². The fraction of sp³-hybridized carbons (Fsp3) is 0.571. The Morgan fingerprint density at radius 3 is 2.50 bits per heavy atom. The average Bonchev–Trinajstić information content (AvgIpc) is 2.36. The van der Waals surface area contributed by atoms with Gasteiger partial charge in [-0.25, -0.2) is 4.39 Å².